The van der Waals surface area contributed by atoms with Crippen LogP contribution in [0.15, 0.2) is 24.3 Å². The van der Waals surface area contributed by atoms with E-state index in [0.717, 1.165) is 24.2 Å². The monoisotopic (exact) mass is 302 g/mol. The number of carbonyl (C=O) groups excluding carboxylic acids is 1. The highest BCUT2D eigenvalue weighted by molar-refractivity contribution is 5.76. The molecule has 1 aromatic rings. The molecule has 0 aromatic heterocycles. The van der Waals surface area contributed by atoms with Gasteiger partial charge in [0.25, 0.3) is 0 Å². The summed E-state index contributed by atoms with van der Waals surface area (Å²) in [6, 6.07) is 9.23. The molecule has 120 valence electrons. The number of amides is 1. The molecular weight excluding hydrogens is 276 g/mol. The van der Waals surface area contributed by atoms with Crippen molar-refractivity contribution in [2.24, 2.45) is 5.92 Å². The second-order valence-electron chi connectivity index (χ2n) is 6.54. The quantitative estimate of drug-likeness (QED) is 0.849. The van der Waals surface area contributed by atoms with Crippen LogP contribution in [0.2, 0.25) is 0 Å². The molecule has 0 aliphatic carbocycles. The van der Waals surface area contributed by atoms with Gasteiger partial charge in [0.15, 0.2) is 0 Å². The molecule has 3 rings (SSSR count). The van der Waals surface area contributed by atoms with Gasteiger partial charge in [-0.1, -0.05) is 12.1 Å². The molecule has 0 spiro atoms. The van der Waals surface area contributed by atoms with Crippen molar-refractivity contribution >= 4 is 5.91 Å². The lowest BCUT2D eigenvalue weighted by Gasteiger charge is -2.28. The Morgan fingerprint density at radius 1 is 1.32 bits per heavy atom. The number of piperidine rings is 1. The highest BCUT2D eigenvalue weighted by Crippen LogP contribution is 2.32. The molecule has 0 radical (unpaired) electrons. The van der Waals surface area contributed by atoms with Crippen LogP contribution in [0.4, 0.5) is 0 Å². The number of hydrogen-bond acceptors (Lipinski definition) is 3. The van der Waals surface area contributed by atoms with Gasteiger partial charge in [0, 0.05) is 25.0 Å². The molecule has 0 saturated carbocycles. The number of nitrogens with one attached hydrogen (secondary N) is 2. The lowest BCUT2D eigenvalue weighted by molar-refractivity contribution is -0.122. The number of carbonyl (C=O) groups is 1. The van der Waals surface area contributed by atoms with E-state index in [1.165, 1.54) is 12.8 Å². The van der Waals surface area contributed by atoms with Crippen molar-refractivity contribution in [3.8, 4) is 5.75 Å². The minimum Gasteiger partial charge on any atom is -0.494 e. The van der Waals surface area contributed by atoms with Crippen LogP contribution in [0.5, 0.6) is 5.75 Å². The lowest BCUT2D eigenvalue weighted by Crippen LogP contribution is -2.39. The Morgan fingerprint density at radius 3 is 2.82 bits per heavy atom. The second kappa shape index (κ2) is 7.14. The van der Waals surface area contributed by atoms with Gasteiger partial charge in [-0.2, -0.15) is 0 Å². The van der Waals surface area contributed by atoms with Gasteiger partial charge in [0.05, 0.1) is 6.61 Å². The first-order valence-corrected chi connectivity index (χ1v) is 8.47. The number of hydrogen-bond donors (Lipinski definition) is 2. The molecule has 2 fully saturated rings. The maximum absolute atomic E-state index is 12.2. The van der Waals surface area contributed by atoms with Gasteiger partial charge in [-0.25, -0.2) is 0 Å². The summed E-state index contributed by atoms with van der Waals surface area (Å²) in [5.74, 6) is 1.59. The fraction of sp³-hybridized carbons (Fsp3) is 0.611. The maximum Gasteiger partial charge on any atom is 0.220 e. The van der Waals surface area contributed by atoms with Gasteiger partial charge in [0.1, 0.15) is 5.75 Å². The van der Waals surface area contributed by atoms with Gasteiger partial charge in [-0.05, 0) is 56.2 Å². The van der Waals surface area contributed by atoms with E-state index in [-0.39, 0.29) is 5.91 Å². The van der Waals surface area contributed by atoms with Gasteiger partial charge < -0.3 is 15.4 Å². The van der Waals surface area contributed by atoms with Crippen molar-refractivity contribution in [2.45, 2.75) is 57.7 Å². The van der Waals surface area contributed by atoms with Gasteiger partial charge in [-0.15, -0.1) is 0 Å². The average molecular weight is 302 g/mol. The summed E-state index contributed by atoms with van der Waals surface area (Å²) >= 11 is 0. The van der Waals surface area contributed by atoms with Crippen LogP contribution in [0, 0.1) is 5.92 Å². The van der Waals surface area contributed by atoms with Gasteiger partial charge >= 0.3 is 0 Å². The lowest BCUT2D eigenvalue weighted by atomic mass is 9.89. The Hall–Kier alpha value is -1.55. The van der Waals surface area contributed by atoms with Crippen LogP contribution in [0.25, 0.3) is 0 Å². The summed E-state index contributed by atoms with van der Waals surface area (Å²) in [6.45, 7) is 3.21. The molecule has 2 aliphatic rings. The Balaban J connectivity index is 1.45. The topological polar surface area (TPSA) is 50.4 Å². The Morgan fingerprint density at radius 2 is 2.09 bits per heavy atom. The summed E-state index contributed by atoms with van der Waals surface area (Å²) in [6.07, 6.45) is 5.55. The Labute approximate surface area is 132 Å². The summed E-state index contributed by atoms with van der Waals surface area (Å²) in [4.78, 5) is 12.2. The molecule has 4 heteroatoms. The van der Waals surface area contributed by atoms with E-state index < -0.39 is 0 Å². The van der Waals surface area contributed by atoms with Crippen molar-refractivity contribution in [1.29, 1.82) is 0 Å². The predicted octanol–water partition coefficient (Wildman–Crippen LogP) is 2.62. The Bertz CT molecular complexity index is 506. The van der Waals surface area contributed by atoms with Crippen LogP contribution in [-0.2, 0) is 11.3 Å². The normalized spacial score (nSPS) is 26.7. The van der Waals surface area contributed by atoms with Gasteiger partial charge in [0.2, 0.25) is 5.91 Å². The Kier molecular flexibility index (Phi) is 4.98. The predicted molar refractivity (Wildman–Crippen MR) is 86.7 cm³/mol. The third kappa shape index (κ3) is 4.01. The molecule has 4 nitrogen and oxygen atoms in total. The van der Waals surface area contributed by atoms with Crippen molar-refractivity contribution in [3.63, 3.8) is 0 Å². The van der Waals surface area contributed by atoms with E-state index in [2.05, 4.69) is 10.6 Å². The molecule has 2 atom stereocenters. The fourth-order valence-corrected chi connectivity index (χ4v) is 3.79. The van der Waals surface area contributed by atoms with Gasteiger partial charge in [-0.3, -0.25) is 4.79 Å². The standard InChI is InChI=1S/C18H26N2O2/c1-2-22-17-5-3-4-13(10-17)12-19-18(21)11-14-8-15-6-7-16(9-14)20-15/h3-5,10,14-16,20H,2,6-9,11-12H2,1H3,(H,19,21). The van der Waals surface area contributed by atoms with E-state index in [1.807, 2.05) is 31.2 Å². The van der Waals surface area contributed by atoms with Crippen molar-refractivity contribution < 1.29 is 9.53 Å². The first kappa shape index (κ1) is 15.3. The fourth-order valence-electron chi connectivity index (χ4n) is 3.79. The molecule has 1 aromatic carbocycles. The number of ether oxygens (including phenoxy) is 1. The zero-order valence-electron chi connectivity index (χ0n) is 13.3. The van der Waals surface area contributed by atoms with Crippen molar-refractivity contribution in [2.75, 3.05) is 6.61 Å². The number of benzene rings is 1. The van der Waals surface area contributed by atoms with E-state index in [1.54, 1.807) is 0 Å². The first-order valence-electron chi connectivity index (χ1n) is 8.47. The first-order chi connectivity index (χ1) is 10.7. The summed E-state index contributed by atoms with van der Waals surface area (Å²) in [5, 5.41) is 6.67. The molecule has 2 heterocycles. The van der Waals surface area contributed by atoms with E-state index >= 15 is 0 Å². The molecule has 2 unspecified atom stereocenters. The van der Waals surface area contributed by atoms with Crippen molar-refractivity contribution in [1.82, 2.24) is 10.6 Å². The highest BCUT2D eigenvalue weighted by atomic mass is 16.5. The van der Waals surface area contributed by atoms with E-state index in [0.29, 0.717) is 37.6 Å². The minimum absolute atomic E-state index is 0.174. The zero-order chi connectivity index (χ0) is 15.4. The number of fused-ring (bicyclic) bond motifs is 2. The molecule has 2 saturated heterocycles. The minimum atomic E-state index is 0.174. The zero-order valence-corrected chi connectivity index (χ0v) is 13.3. The van der Waals surface area contributed by atoms with Crippen LogP contribution >= 0.6 is 0 Å². The molecule has 2 bridgehead atoms. The van der Waals surface area contributed by atoms with Crippen molar-refractivity contribution in [3.05, 3.63) is 29.8 Å². The maximum atomic E-state index is 12.2. The summed E-state index contributed by atoms with van der Waals surface area (Å²) < 4.78 is 5.49. The largest absolute Gasteiger partial charge is 0.494 e. The summed E-state index contributed by atoms with van der Waals surface area (Å²) in [7, 11) is 0. The third-order valence-electron chi connectivity index (χ3n) is 4.74. The van der Waals surface area contributed by atoms with Crippen LogP contribution in [0.1, 0.15) is 44.6 Å². The van der Waals surface area contributed by atoms with E-state index in [9.17, 15) is 4.79 Å². The highest BCUT2D eigenvalue weighted by Gasteiger charge is 2.34. The van der Waals surface area contributed by atoms with Crippen LogP contribution < -0.4 is 15.4 Å². The second-order valence-corrected chi connectivity index (χ2v) is 6.54. The van der Waals surface area contributed by atoms with E-state index in [4.69, 9.17) is 4.74 Å². The molecule has 2 aliphatic heterocycles. The smallest absolute Gasteiger partial charge is 0.220 e. The third-order valence-corrected chi connectivity index (χ3v) is 4.74. The summed E-state index contributed by atoms with van der Waals surface area (Å²) in [5.41, 5.74) is 1.09. The molecule has 22 heavy (non-hydrogen) atoms. The average Bonchev–Trinajstić information content (AvgIpc) is 2.85. The van der Waals surface area contributed by atoms with Crippen LogP contribution in [-0.4, -0.2) is 24.6 Å². The molecule has 2 N–H and O–H groups in total. The molecule has 1 amide bonds. The van der Waals surface area contributed by atoms with Crippen LogP contribution in [0.3, 0.4) is 0 Å². The molecular formula is C18H26N2O2. The SMILES string of the molecule is CCOc1cccc(CNC(=O)CC2CC3CCC(C2)N3)c1. The number of rotatable bonds is 6.